The highest BCUT2D eigenvalue weighted by atomic mass is 35.5. The molecule has 1 aromatic carbocycles. The Hall–Kier alpha value is -1.88. The normalized spacial score (nSPS) is 10.7. The first-order valence-corrected chi connectivity index (χ1v) is 5.99. The standard InChI is InChI=1S/C13H12ClFN2O2/c1-7-11(13(18)19)8(2)17(16-7)6-9-4-3-5-10(14)12(9)15/h3-5H,6H2,1-2H3,(H,18,19). The molecule has 0 aliphatic rings. The number of aromatic nitrogens is 2. The van der Waals surface area contributed by atoms with E-state index in [0.717, 1.165) is 0 Å². The number of aryl methyl sites for hydroxylation is 1. The molecule has 6 heteroatoms. The third-order valence-corrected chi connectivity index (χ3v) is 3.24. The lowest BCUT2D eigenvalue weighted by Gasteiger charge is -2.07. The van der Waals surface area contributed by atoms with E-state index in [-0.39, 0.29) is 17.1 Å². The van der Waals surface area contributed by atoms with Crippen LogP contribution in [-0.2, 0) is 6.54 Å². The van der Waals surface area contributed by atoms with Crippen molar-refractivity contribution in [1.82, 2.24) is 9.78 Å². The highest BCUT2D eigenvalue weighted by molar-refractivity contribution is 6.30. The van der Waals surface area contributed by atoms with Gasteiger partial charge in [0.25, 0.3) is 0 Å². The molecule has 2 rings (SSSR count). The largest absolute Gasteiger partial charge is 0.478 e. The molecule has 0 aliphatic carbocycles. The highest BCUT2D eigenvalue weighted by Crippen LogP contribution is 2.20. The van der Waals surface area contributed by atoms with Crippen LogP contribution in [0.5, 0.6) is 0 Å². The second-order valence-electron chi connectivity index (χ2n) is 4.22. The minimum absolute atomic E-state index is 0.0393. The Morgan fingerprint density at radius 1 is 1.47 bits per heavy atom. The monoisotopic (exact) mass is 282 g/mol. The lowest BCUT2D eigenvalue weighted by molar-refractivity contribution is 0.0695. The molecule has 0 atom stereocenters. The first-order valence-electron chi connectivity index (χ1n) is 5.62. The summed E-state index contributed by atoms with van der Waals surface area (Å²) in [6.45, 7) is 3.40. The Morgan fingerprint density at radius 2 is 2.16 bits per heavy atom. The van der Waals surface area contributed by atoms with Gasteiger partial charge in [0.15, 0.2) is 0 Å². The van der Waals surface area contributed by atoms with Crippen molar-refractivity contribution in [2.24, 2.45) is 0 Å². The van der Waals surface area contributed by atoms with E-state index < -0.39 is 11.8 Å². The van der Waals surface area contributed by atoms with Gasteiger partial charge in [-0.05, 0) is 19.9 Å². The van der Waals surface area contributed by atoms with Crippen LogP contribution in [0.4, 0.5) is 4.39 Å². The number of carboxylic acids is 1. The van der Waals surface area contributed by atoms with Gasteiger partial charge in [-0.3, -0.25) is 4.68 Å². The Balaban J connectivity index is 2.42. The minimum Gasteiger partial charge on any atom is -0.478 e. The summed E-state index contributed by atoms with van der Waals surface area (Å²) in [6, 6.07) is 4.70. The van der Waals surface area contributed by atoms with E-state index in [1.165, 1.54) is 10.7 Å². The molecule has 0 radical (unpaired) electrons. The molecule has 4 nitrogen and oxygen atoms in total. The number of hydrogen-bond acceptors (Lipinski definition) is 2. The molecule has 19 heavy (non-hydrogen) atoms. The molecule has 0 amide bonds. The summed E-state index contributed by atoms with van der Waals surface area (Å²) >= 11 is 5.71. The number of nitrogens with zero attached hydrogens (tertiary/aromatic N) is 2. The molecule has 0 unspecified atom stereocenters. The maximum Gasteiger partial charge on any atom is 0.339 e. The van der Waals surface area contributed by atoms with Crippen molar-refractivity contribution in [2.75, 3.05) is 0 Å². The van der Waals surface area contributed by atoms with Crippen LogP contribution in [0.3, 0.4) is 0 Å². The third-order valence-electron chi connectivity index (χ3n) is 2.95. The molecule has 1 N–H and O–H groups in total. The van der Waals surface area contributed by atoms with E-state index in [9.17, 15) is 9.18 Å². The fourth-order valence-electron chi connectivity index (χ4n) is 1.99. The Morgan fingerprint density at radius 3 is 2.74 bits per heavy atom. The average molecular weight is 283 g/mol. The summed E-state index contributed by atoms with van der Waals surface area (Å²) in [6.07, 6.45) is 0. The van der Waals surface area contributed by atoms with E-state index in [1.807, 2.05) is 0 Å². The summed E-state index contributed by atoms with van der Waals surface area (Å²) in [5.41, 5.74) is 1.43. The van der Waals surface area contributed by atoms with Crippen LogP contribution < -0.4 is 0 Å². The van der Waals surface area contributed by atoms with Crippen LogP contribution in [-0.4, -0.2) is 20.9 Å². The molecular weight excluding hydrogens is 271 g/mol. The van der Waals surface area contributed by atoms with Gasteiger partial charge in [0.1, 0.15) is 11.4 Å². The van der Waals surface area contributed by atoms with Crippen LogP contribution in [0.25, 0.3) is 0 Å². The molecule has 0 saturated carbocycles. The molecule has 1 aromatic heterocycles. The number of aromatic carboxylic acids is 1. The van der Waals surface area contributed by atoms with Gasteiger partial charge >= 0.3 is 5.97 Å². The summed E-state index contributed by atoms with van der Waals surface area (Å²) in [5.74, 6) is -1.54. The summed E-state index contributed by atoms with van der Waals surface area (Å²) in [4.78, 5) is 11.1. The topological polar surface area (TPSA) is 55.1 Å². The Kier molecular flexibility index (Phi) is 3.57. The summed E-state index contributed by atoms with van der Waals surface area (Å²) in [7, 11) is 0. The molecule has 0 spiro atoms. The molecular formula is C13H12ClFN2O2. The maximum absolute atomic E-state index is 13.8. The van der Waals surface area contributed by atoms with Crippen molar-refractivity contribution in [1.29, 1.82) is 0 Å². The van der Waals surface area contributed by atoms with Crippen LogP contribution >= 0.6 is 11.6 Å². The Bertz CT molecular complexity index is 652. The van der Waals surface area contributed by atoms with Crippen LogP contribution in [0.1, 0.15) is 27.3 Å². The predicted octanol–water partition coefficient (Wildman–Crippen LogP) is 3.04. The summed E-state index contributed by atoms with van der Waals surface area (Å²) < 4.78 is 15.3. The Labute approximate surface area is 114 Å². The van der Waals surface area contributed by atoms with Gasteiger partial charge < -0.3 is 5.11 Å². The van der Waals surface area contributed by atoms with Crippen molar-refractivity contribution in [3.8, 4) is 0 Å². The van der Waals surface area contributed by atoms with Crippen LogP contribution in [0, 0.1) is 19.7 Å². The minimum atomic E-state index is -1.03. The van der Waals surface area contributed by atoms with Gasteiger partial charge in [-0.25, -0.2) is 9.18 Å². The van der Waals surface area contributed by atoms with E-state index in [4.69, 9.17) is 16.7 Å². The second kappa shape index (κ2) is 5.01. The maximum atomic E-state index is 13.8. The zero-order valence-corrected chi connectivity index (χ0v) is 11.2. The average Bonchev–Trinajstić information content (AvgIpc) is 2.60. The lowest BCUT2D eigenvalue weighted by atomic mass is 10.2. The van der Waals surface area contributed by atoms with Gasteiger partial charge in [0.2, 0.25) is 0 Å². The van der Waals surface area contributed by atoms with Gasteiger partial charge in [-0.2, -0.15) is 5.10 Å². The molecule has 0 bridgehead atoms. The van der Waals surface area contributed by atoms with Crippen LogP contribution in [0.2, 0.25) is 5.02 Å². The highest BCUT2D eigenvalue weighted by Gasteiger charge is 2.18. The van der Waals surface area contributed by atoms with Crippen molar-refractivity contribution in [2.45, 2.75) is 20.4 Å². The third kappa shape index (κ3) is 2.46. The van der Waals surface area contributed by atoms with Gasteiger partial charge in [0, 0.05) is 5.56 Å². The van der Waals surface area contributed by atoms with Gasteiger partial charge in [-0.15, -0.1) is 0 Å². The van der Waals surface area contributed by atoms with Crippen molar-refractivity contribution in [3.05, 3.63) is 51.6 Å². The molecule has 100 valence electrons. The zero-order chi connectivity index (χ0) is 14.2. The summed E-state index contributed by atoms with van der Waals surface area (Å²) in [5, 5.41) is 13.2. The number of halogens is 2. The van der Waals surface area contributed by atoms with E-state index in [2.05, 4.69) is 5.10 Å². The fraction of sp³-hybridized carbons (Fsp3) is 0.231. The first kappa shape index (κ1) is 13.5. The molecule has 1 heterocycles. The van der Waals surface area contributed by atoms with E-state index >= 15 is 0 Å². The second-order valence-corrected chi connectivity index (χ2v) is 4.63. The molecule has 0 saturated heterocycles. The number of benzene rings is 1. The van der Waals surface area contributed by atoms with E-state index in [0.29, 0.717) is 17.0 Å². The van der Waals surface area contributed by atoms with Gasteiger partial charge in [0.05, 0.1) is 23.0 Å². The van der Waals surface area contributed by atoms with Crippen molar-refractivity contribution < 1.29 is 14.3 Å². The fourth-order valence-corrected chi connectivity index (χ4v) is 2.19. The smallest absolute Gasteiger partial charge is 0.339 e. The zero-order valence-electron chi connectivity index (χ0n) is 10.4. The molecule has 0 fully saturated rings. The van der Waals surface area contributed by atoms with E-state index in [1.54, 1.807) is 26.0 Å². The number of rotatable bonds is 3. The van der Waals surface area contributed by atoms with Crippen LogP contribution in [0.15, 0.2) is 18.2 Å². The molecule has 2 aromatic rings. The lowest BCUT2D eigenvalue weighted by Crippen LogP contribution is -2.07. The first-order chi connectivity index (χ1) is 8.91. The quantitative estimate of drug-likeness (QED) is 0.941. The predicted molar refractivity (Wildman–Crippen MR) is 69.2 cm³/mol. The van der Waals surface area contributed by atoms with Crippen molar-refractivity contribution >= 4 is 17.6 Å². The number of carboxylic acid groups (broad SMARTS) is 1. The van der Waals surface area contributed by atoms with Crippen molar-refractivity contribution in [3.63, 3.8) is 0 Å². The number of carbonyl (C=O) groups is 1. The van der Waals surface area contributed by atoms with Gasteiger partial charge in [-0.1, -0.05) is 23.7 Å². The molecule has 0 aliphatic heterocycles. The SMILES string of the molecule is Cc1nn(Cc2cccc(Cl)c2F)c(C)c1C(=O)O. The number of hydrogen-bond donors (Lipinski definition) is 1.